The van der Waals surface area contributed by atoms with Crippen molar-refractivity contribution in [1.82, 2.24) is 9.97 Å². The van der Waals surface area contributed by atoms with Crippen LogP contribution in [0.3, 0.4) is 0 Å². The number of ether oxygens (including phenoxy) is 1. The Bertz CT molecular complexity index is 647. The van der Waals surface area contributed by atoms with E-state index in [0.717, 1.165) is 6.20 Å². The number of hydrogen-bond acceptors (Lipinski definition) is 7. The molecular formula is C13H15N5O3. The van der Waals surface area contributed by atoms with Crippen molar-refractivity contribution in [1.29, 1.82) is 0 Å². The van der Waals surface area contributed by atoms with E-state index in [2.05, 4.69) is 20.6 Å². The zero-order valence-corrected chi connectivity index (χ0v) is 11.7. The summed E-state index contributed by atoms with van der Waals surface area (Å²) in [5, 5.41) is 16.7. The maximum Gasteiger partial charge on any atom is 0.329 e. The lowest BCUT2D eigenvalue weighted by atomic mass is 10.3. The molecule has 0 saturated heterocycles. The fourth-order valence-corrected chi connectivity index (χ4v) is 1.69. The van der Waals surface area contributed by atoms with Crippen LogP contribution in [0.5, 0.6) is 5.75 Å². The summed E-state index contributed by atoms with van der Waals surface area (Å²) in [6.45, 7) is 2.43. The summed E-state index contributed by atoms with van der Waals surface area (Å²) >= 11 is 0. The molecule has 0 atom stereocenters. The normalized spacial score (nSPS) is 10.0. The maximum absolute atomic E-state index is 11.0. The third-order valence-electron chi connectivity index (χ3n) is 2.60. The summed E-state index contributed by atoms with van der Waals surface area (Å²) in [5.41, 5.74) is 0.445. The zero-order valence-electron chi connectivity index (χ0n) is 11.7. The van der Waals surface area contributed by atoms with Gasteiger partial charge in [-0.05, 0) is 19.1 Å². The second-order valence-corrected chi connectivity index (χ2v) is 4.02. The summed E-state index contributed by atoms with van der Waals surface area (Å²) in [6.07, 6.45) is 1.16. The van der Waals surface area contributed by atoms with Crippen molar-refractivity contribution >= 4 is 23.1 Å². The molecule has 8 nitrogen and oxygen atoms in total. The van der Waals surface area contributed by atoms with E-state index in [1.807, 2.05) is 13.0 Å². The fraction of sp³-hybridized carbons (Fsp3) is 0.231. The van der Waals surface area contributed by atoms with Gasteiger partial charge in [-0.1, -0.05) is 6.07 Å². The molecule has 0 unspecified atom stereocenters. The molecule has 0 radical (unpaired) electrons. The maximum atomic E-state index is 11.0. The minimum absolute atomic E-state index is 0.119. The van der Waals surface area contributed by atoms with Gasteiger partial charge in [0.05, 0.1) is 11.5 Å². The molecule has 8 heteroatoms. The number of nitrogens with zero attached hydrogens (tertiary/aromatic N) is 3. The molecule has 110 valence electrons. The van der Waals surface area contributed by atoms with Crippen LogP contribution in [0.4, 0.5) is 23.1 Å². The van der Waals surface area contributed by atoms with E-state index in [9.17, 15) is 10.1 Å². The first-order valence-corrected chi connectivity index (χ1v) is 6.33. The highest BCUT2D eigenvalue weighted by molar-refractivity contribution is 5.66. The Morgan fingerprint density at radius 3 is 2.90 bits per heavy atom. The van der Waals surface area contributed by atoms with Crippen LogP contribution in [-0.4, -0.2) is 28.5 Å². The predicted molar refractivity (Wildman–Crippen MR) is 79.1 cm³/mol. The average molecular weight is 289 g/mol. The van der Waals surface area contributed by atoms with Crippen LogP contribution in [0, 0.1) is 10.1 Å². The molecule has 0 bridgehead atoms. The Morgan fingerprint density at radius 1 is 1.43 bits per heavy atom. The minimum atomic E-state index is -0.534. The second kappa shape index (κ2) is 6.51. The van der Waals surface area contributed by atoms with Crippen molar-refractivity contribution in [2.45, 2.75) is 6.92 Å². The van der Waals surface area contributed by atoms with E-state index < -0.39 is 4.92 Å². The van der Waals surface area contributed by atoms with Crippen molar-refractivity contribution in [3.8, 4) is 5.75 Å². The molecule has 2 N–H and O–H groups in total. The number of nitrogens with one attached hydrogen (secondary N) is 2. The standard InChI is InChI=1S/C13H15N5O3/c1-3-21-10-6-4-5-9(7-10)16-12-11(18(19)20)8-15-13(14-2)17-12/h4-8H,3H2,1-2H3,(H2,14,15,16,17). The molecule has 0 aliphatic heterocycles. The first-order valence-electron chi connectivity index (χ1n) is 6.33. The van der Waals surface area contributed by atoms with Crippen molar-refractivity contribution in [3.63, 3.8) is 0 Å². The monoisotopic (exact) mass is 289 g/mol. The Balaban J connectivity index is 2.33. The molecule has 0 fully saturated rings. The Morgan fingerprint density at radius 2 is 2.24 bits per heavy atom. The first-order chi connectivity index (χ1) is 10.1. The second-order valence-electron chi connectivity index (χ2n) is 4.02. The van der Waals surface area contributed by atoms with E-state index in [1.54, 1.807) is 25.2 Å². The Kier molecular flexibility index (Phi) is 4.50. The summed E-state index contributed by atoms with van der Waals surface area (Å²) in [6, 6.07) is 7.11. The van der Waals surface area contributed by atoms with Crippen LogP contribution < -0.4 is 15.4 Å². The summed E-state index contributed by atoms with van der Waals surface area (Å²) in [7, 11) is 1.64. The number of rotatable bonds is 6. The van der Waals surface area contributed by atoms with Crippen LogP contribution in [0.25, 0.3) is 0 Å². The Hall–Kier alpha value is -2.90. The summed E-state index contributed by atoms with van der Waals surface area (Å²) in [4.78, 5) is 18.4. The number of benzene rings is 1. The SMILES string of the molecule is CCOc1cccc(Nc2nc(NC)ncc2[N+](=O)[O-])c1. The van der Waals surface area contributed by atoms with E-state index in [1.165, 1.54) is 0 Å². The topological polar surface area (TPSA) is 102 Å². The van der Waals surface area contributed by atoms with Crippen LogP contribution >= 0.6 is 0 Å². The van der Waals surface area contributed by atoms with Gasteiger partial charge in [-0.3, -0.25) is 10.1 Å². The van der Waals surface area contributed by atoms with E-state index >= 15 is 0 Å². The highest BCUT2D eigenvalue weighted by Gasteiger charge is 2.17. The Labute approximate surface area is 121 Å². The first kappa shape index (κ1) is 14.5. The van der Waals surface area contributed by atoms with Gasteiger partial charge in [-0.25, -0.2) is 4.98 Å². The molecule has 2 rings (SSSR count). The fourth-order valence-electron chi connectivity index (χ4n) is 1.69. The third kappa shape index (κ3) is 3.56. The van der Waals surface area contributed by atoms with Gasteiger partial charge in [0.1, 0.15) is 11.9 Å². The molecule has 21 heavy (non-hydrogen) atoms. The molecule has 1 aromatic carbocycles. The van der Waals surface area contributed by atoms with Crippen molar-refractivity contribution < 1.29 is 9.66 Å². The highest BCUT2D eigenvalue weighted by Crippen LogP contribution is 2.27. The molecular weight excluding hydrogens is 274 g/mol. The van der Waals surface area contributed by atoms with Crippen LogP contribution in [0.1, 0.15) is 6.92 Å². The van der Waals surface area contributed by atoms with Gasteiger partial charge in [0, 0.05) is 18.8 Å². The molecule has 0 spiro atoms. The molecule has 0 amide bonds. The van der Waals surface area contributed by atoms with E-state index in [4.69, 9.17) is 4.74 Å². The highest BCUT2D eigenvalue weighted by atomic mass is 16.6. The number of nitro groups is 1. The van der Waals surface area contributed by atoms with Gasteiger partial charge >= 0.3 is 5.69 Å². The molecule has 2 aromatic rings. The van der Waals surface area contributed by atoms with Gasteiger partial charge in [-0.2, -0.15) is 4.98 Å². The van der Waals surface area contributed by atoms with E-state index in [0.29, 0.717) is 24.0 Å². The van der Waals surface area contributed by atoms with Gasteiger partial charge in [-0.15, -0.1) is 0 Å². The lowest BCUT2D eigenvalue weighted by Crippen LogP contribution is -2.04. The van der Waals surface area contributed by atoms with Gasteiger partial charge in [0.2, 0.25) is 11.8 Å². The van der Waals surface area contributed by atoms with Crippen LogP contribution in [0.15, 0.2) is 30.5 Å². The largest absolute Gasteiger partial charge is 0.494 e. The molecule has 0 saturated carbocycles. The molecule has 1 aromatic heterocycles. The lowest BCUT2D eigenvalue weighted by molar-refractivity contribution is -0.384. The summed E-state index contributed by atoms with van der Waals surface area (Å²) < 4.78 is 5.39. The number of anilines is 3. The van der Waals surface area contributed by atoms with Crippen LogP contribution in [0.2, 0.25) is 0 Å². The van der Waals surface area contributed by atoms with Gasteiger partial charge in [0.15, 0.2) is 0 Å². The predicted octanol–water partition coefficient (Wildman–Crippen LogP) is 2.57. The smallest absolute Gasteiger partial charge is 0.329 e. The molecule has 0 aliphatic carbocycles. The number of hydrogen-bond donors (Lipinski definition) is 2. The lowest BCUT2D eigenvalue weighted by Gasteiger charge is -2.09. The average Bonchev–Trinajstić information content (AvgIpc) is 2.47. The number of aromatic nitrogens is 2. The van der Waals surface area contributed by atoms with Crippen LogP contribution in [-0.2, 0) is 0 Å². The minimum Gasteiger partial charge on any atom is -0.494 e. The van der Waals surface area contributed by atoms with Gasteiger partial charge < -0.3 is 15.4 Å². The molecule has 0 aliphatic rings. The van der Waals surface area contributed by atoms with E-state index in [-0.39, 0.29) is 11.5 Å². The third-order valence-corrected chi connectivity index (χ3v) is 2.60. The quantitative estimate of drug-likeness (QED) is 0.622. The van der Waals surface area contributed by atoms with Gasteiger partial charge in [0.25, 0.3) is 0 Å². The zero-order chi connectivity index (χ0) is 15.2. The van der Waals surface area contributed by atoms with Crippen molar-refractivity contribution in [2.75, 3.05) is 24.3 Å². The molecule has 1 heterocycles. The van der Waals surface area contributed by atoms with Crippen molar-refractivity contribution in [3.05, 3.63) is 40.6 Å². The van der Waals surface area contributed by atoms with Crippen molar-refractivity contribution in [2.24, 2.45) is 0 Å². The summed E-state index contributed by atoms with van der Waals surface area (Å²) in [5.74, 6) is 1.09.